The van der Waals surface area contributed by atoms with Gasteiger partial charge in [-0.3, -0.25) is 0 Å². The highest BCUT2D eigenvalue weighted by Crippen LogP contribution is 1.93. The molecule has 0 radical (unpaired) electrons. The third-order valence-electron chi connectivity index (χ3n) is 0.481. The number of halogens is 2. The number of nitrogens with two attached hydrogens (primary N) is 1. The van der Waals surface area contributed by atoms with E-state index in [0.29, 0.717) is 4.61 Å². The quantitative estimate of drug-likeness (QED) is 0.447. The van der Waals surface area contributed by atoms with E-state index in [1.807, 2.05) is 12.2 Å². The smallest absolute Gasteiger partial charge is 0.0753 e. The monoisotopic (exact) mass is 239 g/mol. The molecule has 0 aliphatic carbocycles. The lowest BCUT2D eigenvalue weighted by molar-refractivity contribution is 1.56. The van der Waals surface area contributed by atoms with Gasteiger partial charge in [0, 0.05) is 5.33 Å². The zero-order chi connectivity index (χ0) is 6.41. The molecule has 0 aliphatic rings. The van der Waals surface area contributed by atoms with Crippen LogP contribution in [0.25, 0.3) is 0 Å². The molecule has 0 unspecified atom stereocenters. The van der Waals surface area contributed by atoms with Gasteiger partial charge in [-0.1, -0.05) is 28.1 Å². The molecule has 0 bridgehead atoms. The van der Waals surface area contributed by atoms with E-state index in [9.17, 15) is 0 Å². The molecule has 46 valence electrons. The molecule has 0 aromatic heterocycles. The third-order valence-corrected chi connectivity index (χ3v) is 1.12. The van der Waals surface area contributed by atoms with E-state index in [1.54, 1.807) is 6.08 Å². The molecular formula is C5H7Br2N. The number of hydrogen-bond donors (Lipinski definition) is 1. The summed E-state index contributed by atoms with van der Waals surface area (Å²) in [5, 5.41) is 0.865. The van der Waals surface area contributed by atoms with E-state index in [0.717, 1.165) is 5.33 Å². The van der Waals surface area contributed by atoms with Gasteiger partial charge in [-0.15, -0.1) is 0 Å². The van der Waals surface area contributed by atoms with Crippen molar-refractivity contribution in [2.24, 2.45) is 5.73 Å². The van der Waals surface area contributed by atoms with Crippen molar-refractivity contribution < 1.29 is 0 Å². The molecule has 3 heteroatoms. The predicted molar refractivity (Wildman–Crippen MR) is 44.1 cm³/mol. The second-order valence-electron chi connectivity index (χ2n) is 1.13. The lowest BCUT2D eigenvalue weighted by Crippen LogP contribution is -1.83. The fourth-order valence-corrected chi connectivity index (χ4v) is 0.580. The minimum absolute atomic E-state index is 0.648. The lowest BCUT2D eigenvalue weighted by Gasteiger charge is -1.78. The van der Waals surface area contributed by atoms with Crippen LogP contribution < -0.4 is 5.73 Å². The van der Waals surface area contributed by atoms with E-state index < -0.39 is 0 Å². The topological polar surface area (TPSA) is 26.0 Å². The van der Waals surface area contributed by atoms with Crippen LogP contribution in [0.4, 0.5) is 0 Å². The van der Waals surface area contributed by atoms with Crippen molar-refractivity contribution in [2.75, 3.05) is 5.33 Å². The van der Waals surface area contributed by atoms with E-state index >= 15 is 0 Å². The highest BCUT2D eigenvalue weighted by atomic mass is 79.9. The van der Waals surface area contributed by atoms with Crippen LogP contribution in [0.2, 0.25) is 0 Å². The van der Waals surface area contributed by atoms with Gasteiger partial charge in [0.1, 0.15) is 0 Å². The summed E-state index contributed by atoms with van der Waals surface area (Å²) < 4.78 is 0.648. The first-order valence-corrected chi connectivity index (χ1v) is 4.02. The Hall–Kier alpha value is 0.240. The Morgan fingerprint density at radius 1 is 1.62 bits per heavy atom. The van der Waals surface area contributed by atoms with Gasteiger partial charge in [0.25, 0.3) is 0 Å². The van der Waals surface area contributed by atoms with Crippen molar-refractivity contribution in [1.29, 1.82) is 0 Å². The largest absolute Gasteiger partial charge is 0.393 e. The van der Waals surface area contributed by atoms with E-state index in [1.165, 1.54) is 0 Å². The molecule has 0 amide bonds. The van der Waals surface area contributed by atoms with Crippen molar-refractivity contribution in [2.45, 2.75) is 0 Å². The molecule has 0 saturated carbocycles. The van der Waals surface area contributed by atoms with Gasteiger partial charge >= 0.3 is 0 Å². The average molecular weight is 241 g/mol. The van der Waals surface area contributed by atoms with E-state index in [-0.39, 0.29) is 0 Å². The van der Waals surface area contributed by atoms with Crippen molar-refractivity contribution in [3.05, 3.63) is 22.8 Å². The van der Waals surface area contributed by atoms with Crippen LogP contribution in [0.5, 0.6) is 0 Å². The van der Waals surface area contributed by atoms with Gasteiger partial charge in [-0.25, -0.2) is 0 Å². The minimum Gasteiger partial charge on any atom is -0.393 e. The Bertz CT molecular complexity index is 103. The third kappa shape index (κ3) is 6.24. The fourth-order valence-electron chi connectivity index (χ4n) is 0.211. The molecular weight excluding hydrogens is 234 g/mol. The maximum Gasteiger partial charge on any atom is 0.0753 e. The molecule has 0 rings (SSSR count). The van der Waals surface area contributed by atoms with Crippen LogP contribution in [-0.2, 0) is 0 Å². The summed E-state index contributed by atoms with van der Waals surface area (Å²) in [5.41, 5.74) is 5.24. The summed E-state index contributed by atoms with van der Waals surface area (Å²) >= 11 is 6.30. The van der Waals surface area contributed by atoms with Gasteiger partial charge in [-0.2, -0.15) is 0 Å². The summed E-state index contributed by atoms with van der Waals surface area (Å²) in [6.45, 7) is 0. The second-order valence-corrected chi connectivity index (χ2v) is 2.70. The molecule has 8 heavy (non-hydrogen) atoms. The van der Waals surface area contributed by atoms with Gasteiger partial charge in [-0.05, 0) is 22.0 Å². The maximum absolute atomic E-state index is 5.24. The molecule has 0 heterocycles. The first kappa shape index (κ1) is 8.24. The number of rotatable bonds is 2. The van der Waals surface area contributed by atoms with Crippen molar-refractivity contribution in [1.82, 2.24) is 0 Å². The molecule has 2 N–H and O–H groups in total. The molecule has 0 aliphatic heterocycles. The number of alkyl halides is 1. The summed E-state index contributed by atoms with van der Waals surface area (Å²) in [7, 11) is 0. The Labute approximate surface area is 65.9 Å². The molecule has 0 saturated heterocycles. The fraction of sp³-hybridized carbons (Fsp3) is 0.200. The maximum atomic E-state index is 5.24. The van der Waals surface area contributed by atoms with Crippen molar-refractivity contribution >= 4 is 31.9 Å². The number of hydrogen-bond acceptors (Lipinski definition) is 1. The Balaban J connectivity index is 3.42. The van der Waals surface area contributed by atoms with Crippen LogP contribution in [-0.4, -0.2) is 5.33 Å². The minimum atomic E-state index is 0.648. The predicted octanol–water partition coefficient (Wildman–Crippen LogP) is 2.13. The number of allylic oxidation sites excluding steroid dienone is 3. The Morgan fingerprint density at radius 2 is 2.25 bits per heavy atom. The first-order valence-electron chi connectivity index (χ1n) is 2.11. The van der Waals surface area contributed by atoms with Crippen LogP contribution in [0.15, 0.2) is 22.8 Å². The summed E-state index contributed by atoms with van der Waals surface area (Å²) in [6, 6.07) is 0. The van der Waals surface area contributed by atoms with Crippen molar-refractivity contribution in [3.63, 3.8) is 0 Å². The Morgan fingerprint density at radius 3 is 2.62 bits per heavy atom. The zero-order valence-corrected chi connectivity index (χ0v) is 7.44. The van der Waals surface area contributed by atoms with Crippen LogP contribution in [0.3, 0.4) is 0 Å². The van der Waals surface area contributed by atoms with Crippen LogP contribution in [0.1, 0.15) is 0 Å². The Kier molecular flexibility index (Phi) is 5.54. The summed E-state index contributed by atoms with van der Waals surface area (Å²) in [4.78, 5) is 0. The summed E-state index contributed by atoms with van der Waals surface area (Å²) in [5.74, 6) is 0. The molecule has 0 aromatic rings. The average Bonchev–Trinajstić information content (AvgIpc) is 1.66. The standard InChI is InChI=1S/C5H7Br2N/c6-4-2-1-3-5(7)8/h1-3H,4,8H2/b2-1-,5-3-. The first-order chi connectivity index (χ1) is 3.77. The van der Waals surface area contributed by atoms with Gasteiger partial charge < -0.3 is 5.73 Å². The van der Waals surface area contributed by atoms with Crippen molar-refractivity contribution in [3.8, 4) is 0 Å². The van der Waals surface area contributed by atoms with Gasteiger partial charge in [0.05, 0.1) is 4.61 Å². The zero-order valence-electron chi connectivity index (χ0n) is 4.27. The normalized spacial score (nSPS) is 13.0. The molecule has 0 spiro atoms. The van der Waals surface area contributed by atoms with Crippen LogP contribution >= 0.6 is 31.9 Å². The highest BCUT2D eigenvalue weighted by Gasteiger charge is 1.70. The molecule has 0 aromatic carbocycles. The molecule has 1 nitrogen and oxygen atoms in total. The van der Waals surface area contributed by atoms with E-state index in [2.05, 4.69) is 31.9 Å². The second kappa shape index (κ2) is 5.38. The van der Waals surface area contributed by atoms with Gasteiger partial charge in [0.15, 0.2) is 0 Å². The molecule has 0 fully saturated rings. The molecule has 0 atom stereocenters. The van der Waals surface area contributed by atoms with Crippen LogP contribution in [0, 0.1) is 0 Å². The SMILES string of the molecule is N/C(Br)=C\C=C/CBr. The lowest BCUT2D eigenvalue weighted by atomic mass is 10.5. The highest BCUT2D eigenvalue weighted by molar-refractivity contribution is 9.11. The van der Waals surface area contributed by atoms with Gasteiger partial charge in [0.2, 0.25) is 0 Å². The summed E-state index contributed by atoms with van der Waals surface area (Å²) in [6.07, 6.45) is 5.61. The van der Waals surface area contributed by atoms with E-state index in [4.69, 9.17) is 5.73 Å².